The molecule has 0 aromatic heterocycles. The number of rotatable bonds is 5. The van der Waals surface area contributed by atoms with Gasteiger partial charge < -0.3 is 0 Å². The SMILES string of the molecule is O=S(=O)(NC[C@H]1CCN(C2Cc3ccccc3C2)C1)N1CCCC1. The van der Waals surface area contributed by atoms with Gasteiger partial charge in [-0.1, -0.05) is 24.3 Å². The fourth-order valence-corrected chi connectivity index (χ4v) is 5.77. The Balaban J connectivity index is 1.28. The Hall–Kier alpha value is -0.950. The van der Waals surface area contributed by atoms with Crippen LogP contribution in [-0.4, -0.2) is 56.4 Å². The third-order valence-corrected chi connectivity index (χ3v) is 7.40. The molecule has 2 saturated heterocycles. The third-order valence-electron chi connectivity index (χ3n) is 5.82. The van der Waals surface area contributed by atoms with Crippen molar-refractivity contribution in [3.05, 3.63) is 35.4 Å². The van der Waals surface area contributed by atoms with E-state index in [1.807, 2.05) is 0 Å². The van der Waals surface area contributed by atoms with Crippen LogP contribution in [0, 0.1) is 5.92 Å². The van der Waals surface area contributed by atoms with Crippen molar-refractivity contribution in [2.75, 3.05) is 32.7 Å². The average molecular weight is 350 g/mol. The zero-order valence-electron chi connectivity index (χ0n) is 14.2. The van der Waals surface area contributed by atoms with Gasteiger partial charge in [0.15, 0.2) is 0 Å². The normalized spacial score (nSPS) is 26.2. The van der Waals surface area contributed by atoms with Gasteiger partial charge in [-0.2, -0.15) is 12.7 Å². The van der Waals surface area contributed by atoms with Crippen LogP contribution in [0.3, 0.4) is 0 Å². The van der Waals surface area contributed by atoms with E-state index >= 15 is 0 Å². The van der Waals surface area contributed by atoms with Gasteiger partial charge in [0.25, 0.3) is 10.2 Å². The summed E-state index contributed by atoms with van der Waals surface area (Å²) in [5, 5.41) is 0. The Morgan fingerprint density at radius 3 is 2.38 bits per heavy atom. The highest BCUT2D eigenvalue weighted by Gasteiger charge is 2.33. The molecule has 3 aliphatic rings. The van der Waals surface area contributed by atoms with Crippen molar-refractivity contribution in [2.45, 2.75) is 38.1 Å². The van der Waals surface area contributed by atoms with Crippen molar-refractivity contribution in [2.24, 2.45) is 5.92 Å². The lowest BCUT2D eigenvalue weighted by Gasteiger charge is -2.24. The quantitative estimate of drug-likeness (QED) is 0.874. The molecule has 4 rings (SSSR count). The summed E-state index contributed by atoms with van der Waals surface area (Å²) in [6.07, 6.45) is 5.35. The second-order valence-electron chi connectivity index (χ2n) is 7.44. The van der Waals surface area contributed by atoms with Crippen LogP contribution in [0.15, 0.2) is 24.3 Å². The molecule has 5 nitrogen and oxygen atoms in total. The maximum atomic E-state index is 12.3. The molecule has 0 radical (unpaired) electrons. The Morgan fingerprint density at radius 2 is 1.71 bits per heavy atom. The Labute approximate surface area is 145 Å². The maximum Gasteiger partial charge on any atom is 0.279 e. The molecule has 2 heterocycles. The standard InChI is InChI=1S/C18H27N3O2S/c22-24(23,21-8-3-4-9-21)19-13-15-7-10-20(14-15)18-11-16-5-1-2-6-17(16)12-18/h1-2,5-6,15,18-19H,3-4,7-14H2/t15-/m1/s1. The molecule has 0 bridgehead atoms. The first-order chi connectivity index (χ1) is 11.6. The summed E-state index contributed by atoms with van der Waals surface area (Å²) < 4.78 is 29.0. The molecule has 0 unspecified atom stereocenters. The fourth-order valence-electron chi connectivity index (χ4n) is 4.40. The molecule has 2 fully saturated rings. The topological polar surface area (TPSA) is 52.7 Å². The molecule has 2 aliphatic heterocycles. The molecule has 24 heavy (non-hydrogen) atoms. The molecule has 1 aromatic rings. The number of nitrogens with one attached hydrogen (secondary N) is 1. The first-order valence-corrected chi connectivity index (χ1v) is 10.6. The van der Waals surface area contributed by atoms with Gasteiger partial charge in [-0.15, -0.1) is 0 Å². The number of nitrogens with zero attached hydrogens (tertiary/aromatic N) is 2. The van der Waals surface area contributed by atoms with Gasteiger partial charge in [-0.3, -0.25) is 4.90 Å². The molecule has 1 aromatic carbocycles. The van der Waals surface area contributed by atoms with E-state index in [1.54, 1.807) is 4.31 Å². The van der Waals surface area contributed by atoms with Crippen LogP contribution in [0.2, 0.25) is 0 Å². The summed E-state index contributed by atoms with van der Waals surface area (Å²) >= 11 is 0. The minimum atomic E-state index is -3.26. The van der Waals surface area contributed by atoms with Crippen LogP contribution in [-0.2, 0) is 23.1 Å². The Bertz CT molecular complexity index is 660. The van der Waals surface area contributed by atoms with Gasteiger partial charge in [-0.25, -0.2) is 4.72 Å². The molecule has 1 atom stereocenters. The smallest absolute Gasteiger partial charge is 0.279 e. The van der Waals surface area contributed by atoms with Crippen molar-refractivity contribution in [3.63, 3.8) is 0 Å². The lowest BCUT2D eigenvalue weighted by Crippen LogP contribution is -2.41. The summed E-state index contributed by atoms with van der Waals surface area (Å²) in [5.74, 6) is 0.436. The summed E-state index contributed by atoms with van der Waals surface area (Å²) in [7, 11) is -3.26. The predicted octanol–water partition coefficient (Wildman–Crippen LogP) is 1.41. The maximum absolute atomic E-state index is 12.3. The predicted molar refractivity (Wildman–Crippen MR) is 95.0 cm³/mol. The van der Waals surface area contributed by atoms with E-state index in [1.165, 1.54) is 11.1 Å². The van der Waals surface area contributed by atoms with Gasteiger partial charge in [0.05, 0.1) is 0 Å². The largest absolute Gasteiger partial charge is 0.299 e. The summed E-state index contributed by atoms with van der Waals surface area (Å²) in [6, 6.07) is 9.34. The fraction of sp³-hybridized carbons (Fsp3) is 0.667. The van der Waals surface area contributed by atoms with E-state index < -0.39 is 10.2 Å². The van der Waals surface area contributed by atoms with Crippen molar-refractivity contribution in [1.29, 1.82) is 0 Å². The van der Waals surface area contributed by atoms with Crippen LogP contribution >= 0.6 is 0 Å². The molecule has 132 valence electrons. The molecular formula is C18H27N3O2S. The van der Waals surface area contributed by atoms with Gasteiger partial charge in [0.2, 0.25) is 0 Å². The van der Waals surface area contributed by atoms with E-state index in [4.69, 9.17) is 0 Å². The first-order valence-electron chi connectivity index (χ1n) is 9.17. The van der Waals surface area contributed by atoms with E-state index in [9.17, 15) is 8.42 Å². The van der Waals surface area contributed by atoms with Gasteiger partial charge in [0, 0.05) is 32.2 Å². The lowest BCUT2D eigenvalue weighted by atomic mass is 10.1. The highest BCUT2D eigenvalue weighted by molar-refractivity contribution is 7.87. The number of benzene rings is 1. The Morgan fingerprint density at radius 1 is 1.04 bits per heavy atom. The van der Waals surface area contributed by atoms with Crippen molar-refractivity contribution >= 4 is 10.2 Å². The minimum absolute atomic E-state index is 0.436. The number of hydrogen-bond donors (Lipinski definition) is 1. The molecule has 0 saturated carbocycles. The zero-order valence-corrected chi connectivity index (χ0v) is 15.0. The van der Waals surface area contributed by atoms with Crippen LogP contribution in [0.25, 0.3) is 0 Å². The molecule has 6 heteroatoms. The number of hydrogen-bond acceptors (Lipinski definition) is 3. The molecular weight excluding hydrogens is 322 g/mol. The highest BCUT2D eigenvalue weighted by atomic mass is 32.2. The monoisotopic (exact) mass is 349 g/mol. The minimum Gasteiger partial charge on any atom is -0.299 e. The second-order valence-corrected chi connectivity index (χ2v) is 9.20. The summed E-state index contributed by atoms with van der Waals surface area (Å²) in [4.78, 5) is 2.56. The molecule has 1 N–H and O–H groups in total. The number of fused-ring (bicyclic) bond motifs is 1. The summed E-state index contributed by atoms with van der Waals surface area (Å²) in [5.41, 5.74) is 2.97. The van der Waals surface area contributed by atoms with E-state index in [-0.39, 0.29) is 0 Å². The van der Waals surface area contributed by atoms with Crippen LogP contribution in [0.1, 0.15) is 30.4 Å². The van der Waals surface area contributed by atoms with Crippen molar-refractivity contribution in [3.8, 4) is 0 Å². The van der Waals surface area contributed by atoms with Gasteiger partial charge >= 0.3 is 0 Å². The van der Waals surface area contributed by atoms with E-state index in [2.05, 4.69) is 33.9 Å². The summed E-state index contributed by atoms with van der Waals surface area (Å²) in [6.45, 7) is 4.03. The second kappa shape index (κ2) is 6.75. The van der Waals surface area contributed by atoms with E-state index in [0.29, 0.717) is 31.6 Å². The van der Waals surface area contributed by atoms with Crippen molar-refractivity contribution < 1.29 is 8.42 Å². The average Bonchev–Trinajstić information content (AvgIpc) is 3.31. The third kappa shape index (κ3) is 3.38. The Kier molecular flexibility index (Phi) is 4.64. The zero-order chi connectivity index (χ0) is 16.6. The van der Waals surface area contributed by atoms with Crippen LogP contribution < -0.4 is 4.72 Å². The van der Waals surface area contributed by atoms with Crippen LogP contribution in [0.5, 0.6) is 0 Å². The molecule has 1 aliphatic carbocycles. The van der Waals surface area contributed by atoms with Gasteiger partial charge in [-0.05, 0) is 55.7 Å². The lowest BCUT2D eigenvalue weighted by molar-refractivity contribution is 0.241. The van der Waals surface area contributed by atoms with Gasteiger partial charge in [0.1, 0.15) is 0 Å². The van der Waals surface area contributed by atoms with E-state index in [0.717, 1.165) is 45.2 Å². The number of likely N-dealkylation sites (tertiary alicyclic amines) is 1. The molecule has 0 amide bonds. The first kappa shape index (κ1) is 16.5. The highest BCUT2D eigenvalue weighted by Crippen LogP contribution is 2.29. The molecule has 0 spiro atoms. The van der Waals surface area contributed by atoms with Crippen molar-refractivity contribution in [1.82, 2.24) is 13.9 Å². The van der Waals surface area contributed by atoms with Crippen LogP contribution in [0.4, 0.5) is 0 Å².